The molecule has 16 heavy (non-hydrogen) atoms. The predicted octanol–water partition coefficient (Wildman–Crippen LogP) is 1.71. The highest BCUT2D eigenvalue weighted by atomic mass is 35.5. The summed E-state index contributed by atoms with van der Waals surface area (Å²) in [5, 5.41) is 16.1. The molecule has 1 aromatic rings. The summed E-state index contributed by atoms with van der Waals surface area (Å²) in [7, 11) is 0. The molecule has 0 fully saturated rings. The second-order valence-electron chi connectivity index (χ2n) is 2.66. The molecule has 0 heterocycles. The Labute approximate surface area is 102 Å². The first-order chi connectivity index (χ1) is 7.72. The quantitative estimate of drug-likeness (QED) is 0.332. The molecular formula is C9H11ClN4OS. The van der Waals surface area contributed by atoms with E-state index in [9.17, 15) is 0 Å². The fraction of sp³-hybridized carbons (Fsp3) is 0.111. The summed E-state index contributed by atoms with van der Waals surface area (Å²) in [5.41, 5.74) is 6.81. The number of guanidine groups is 1. The second-order valence-corrected chi connectivity index (χ2v) is 4.19. The maximum Gasteiger partial charge on any atom is 0.237 e. The molecule has 0 aliphatic carbocycles. The fourth-order valence-electron chi connectivity index (χ4n) is 0.823. The van der Waals surface area contributed by atoms with Crippen LogP contribution in [0.5, 0.6) is 0 Å². The Morgan fingerprint density at radius 1 is 1.50 bits per heavy atom. The highest BCUT2D eigenvalue weighted by Gasteiger charge is 1.91. The van der Waals surface area contributed by atoms with Crippen LogP contribution in [0.4, 0.5) is 0 Å². The molecule has 0 saturated carbocycles. The van der Waals surface area contributed by atoms with Crippen LogP contribution in [0.3, 0.4) is 0 Å². The predicted molar refractivity (Wildman–Crippen MR) is 67.2 cm³/mol. The molecular weight excluding hydrogens is 248 g/mol. The molecule has 5 nitrogen and oxygen atoms in total. The third-order valence-electron chi connectivity index (χ3n) is 1.50. The summed E-state index contributed by atoms with van der Waals surface area (Å²) in [6.45, 7) is 0. The van der Waals surface area contributed by atoms with Crippen molar-refractivity contribution in [2.24, 2.45) is 15.9 Å². The van der Waals surface area contributed by atoms with E-state index in [2.05, 4.69) is 10.2 Å². The smallest absolute Gasteiger partial charge is 0.237 e. The zero-order chi connectivity index (χ0) is 11.8. The standard InChI is InChI=1S/C9H11ClN4OS/c10-7-1-3-8(4-2-7)16-6-5-12-13-9(11)14-15/h1-5,15H,6H2,(H3,11,13,14)/b12-5+. The minimum atomic E-state index is -0.146. The Morgan fingerprint density at radius 3 is 2.81 bits per heavy atom. The van der Waals surface area contributed by atoms with Crippen molar-refractivity contribution in [2.75, 3.05) is 5.75 Å². The van der Waals surface area contributed by atoms with Gasteiger partial charge < -0.3 is 5.73 Å². The largest absolute Gasteiger partial charge is 0.367 e. The lowest BCUT2D eigenvalue weighted by atomic mass is 10.4. The van der Waals surface area contributed by atoms with Gasteiger partial charge in [-0.1, -0.05) is 11.6 Å². The van der Waals surface area contributed by atoms with Crippen molar-refractivity contribution < 1.29 is 5.21 Å². The SMILES string of the molecule is N/C(=N/N=C/CSc1ccc(Cl)cc1)NO. The molecule has 0 bridgehead atoms. The van der Waals surface area contributed by atoms with Gasteiger partial charge in [0.1, 0.15) is 0 Å². The summed E-state index contributed by atoms with van der Waals surface area (Å²) < 4.78 is 0. The maximum atomic E-state index is 8.30. The molecule has 0 aliphatic heterocycles. The third-order valence-corrected chi connectivity index (χ3v) is 2.67. The minimum Gasteiger partial charge on any atom is -0.367 e. The van der Waals surface area contributed by atoms with Crippen molar-refractivity contribution in [1.82, 2.24) is 5.48 Å². The van der Waals surface area contributed by atoms with Crippen molar-refractivity contribution in [1.29, 1.82) is 0 Å². The first-order valence-corrected chi connectivity index (χ1v) is 5.72. The van der Waals surface area contributed by atoms with E-state index in [-0.39, 0.29) is 5.96 Å². The Bertz CT molecular complexity index is 380. The van der Waals surface area contributed by atoms with E-state index in [4.69, 9.17) is 22.5 Å². The molecule has 4 N–H and O–H groups in total. The van der Waals surface area contributed by atoms with Crippen LogP contribution in [0.2, 0.25) is 5.02 Å². The van der Waals surface area contributed by atoms with Crippen molar-refractivity contribution in [3.05, 3.63) is 29.3 Å². The van der Waals surface area contributed by atoms with E-state index >= 15 is 0 Å². The van der Waals surface area contributed by atoms with E-state index in [1.54, 1.807) is 23.5 Å². The molecule has 0 radical (unpaired) electrons. The van der Waals surface area contributed by atoms with Gasteiger partial charge in [-0.2, -0.15) is 5.10 Å². The number of nitrogens with one attached hydrogen (secondary N) is 1. The number of benzene rings is 1. The Balaban J connectivity index is 2.33. The van der Waals surface area contributed by atoms with E-state index in [1.165, 1.54) is 0 Å². The van der Waals surface area contributed by atoms with Gasteiger partial charge in [0, 0.05) is 21.9 Å². The highest BCUT2D eigenvalue weighted by Crippen LogP contribution is 2.19. The molecule has 7 heteroatoms. The summed E-state index contributed by atoms with van der Waals surface area (Å²) in [4.78, 5) is 1.09. The molecule has 0 aliphatic rings. The van der Waals surface area contributed by atoms with Gasteiger partial charge in [0.2, 0.25) is 5.96 Å². The van der Waals surface area contributed by atoms with Gasteiger partial charge in [0.05, 0.1) is 0 Å². The van der Waals surface area contributed by atoms with Gasteiger partial charge in [0.15, 0.2) is 0 Å². The monoisotopic (exact) mass is 258 g/mol. The third kappa shape index (κ3) is 5.01. The number of nitrogens with two attached hydrogens (primary N) is 1. The lowest BCUT2D eigenvalue weighted by molar-refractivity contribution is 0.232. The molecule has 0 amide bonds. The molecule has 1 rings (SSSR count). The summed E-state index contributed by atoms with van der Waals surface area (Å²) in [6.07, 6.45) is 1.59. The number of thioether (sulfide) groups is 1. The first-order valence-electron chi connectivity index (χ1n) is 4.36. The summed E-state index contributed by atoms with van der Waals surface area (Å²) in [5.74, 6) is 0.511. The van der Waals surface area contributed by atoms with Crippen LogP contribution >= 0.6 is 23.4 Å². The van der Waals surface area contributed by atoms with Crippen LogP contribution in [0.1, 0.15) is 0 Å². The number of hydrogen-bond donors (Lipinski definition) is 3. The topological polar surface area (TPSA) is 83.0 Å². The molecule has 0 atom stereocenters. The zero-order valence-electron chi connectivity index (χ0n) is 8.30. The van der Waals surface area contributed by atoms with Gasteiger partial charge in [-0.05, 0) is 24.3 Å². The van der Waals surface area contributed by atoms with E-state index < -0.39 is 0 Å². The van der Waals surface area contributed by atoms with Gasteiger partial charge in [-0.15, -0.1) is 16.9 Å². The molecule has 0 unspecified atom stereocenters. The van der Waals surface area contributed by atoms with Crippen molar-refractivity contribution >= 4 is 35.5 Å². The number of halogens is 1. The van der Waals surface area contributed by atoms with Crippen LogP contribution < -0.4 is 11.2 Å². The van der Waals surface area contributed by atoms with Crippen LogP contribution in [-0.2, 0) is 0 Å². The Morgan fingerprint density at radius 2 is 2.19 bits per heavy atom. The number of nitrogens with zero attached hydrogens (tertiary/aromatic N) is 2. The van der Waals surface area contributed by atoms with E-state index in [0.717, 1.165) is 4.90 Å². The van der Waals surface area contributed by atoms with Crippen LogP contribution in [0.25, 0.3) is 0 Å². The van der Waals surface area contributed by atoms with Gasteiger partial charge in [0.25, 0.3) is 0 Å². The summed E-state index contributed by atoms with van der Waals surface area (Å²) in [6, 6.07) is 7.50. The van der Waals surface area contributed by atoms with Crippen LogP contribution in [-0.4, -0.2) is 23.1 Å². The number of hydroxylamine groups is 1. The minimum absolute atomic E-state index is 0.146. The average molecular weight is 259 g/mol. The lowest BCUT2D eigenvalue weighted by Crippen LogP contribution is -2.27. The van der Waals surface area contributed by atoms with Gasteiger partial charge in [-0.25, -0.2) is 5.48 Å². The molecule has 0 spiro atoms. The lowest BCUT2D eigenvalue weighted by Gasteiger charge is -1.96. The molecule has 1 aromatic carbocycles. The van der Waals surface area contributed by atoms with E-state index in [1.807, 2.05) is 24.3 Å². The maximum absolute atomic E-state index is 8.30. The highest BCUT2D eigenvalue weighted by molar-refractivity contribution is 7.99. The van der Waals surface area contributed by atoms with E-state index in [0.29, 0.717) is 10.8 Å². The summed E-state index contributed by atoms with van der Waals surface area (Å²) >= 11 is 7.34. The second kappa shape index (κ2) is 7.10. The zero-order valence-corrected chi connectivity index (χ0v) is 9.87. The molecule has 0 aromatic heterocycles. The van der Waals surface area contributed by atoms with Crippen LogP contribution in [0.15, 0.2) is 39.4 Å². The first kappa shape index (κ1) is 12.8. The molecule has 86 valence electrons. The Hall–Kier alpha value is -1.24. The van der Waals surface area contributed by atoms with Crippen molar-refractivity contribution in [2.45, 2.75) is 4.90 Å². The van der Waals surface area contributed by atoms with Gasteiger partial charge in [-0.3, -0.25) is 5.21 Å². The number of rotatable bonds is 4. The fourth-order valence-corrected chi connectivity index (χ4v) is 1.61. The number of hydrogen-bond acceptors (Lipinski definition) is 4. The average Bonchev–Trinajstić information content (AvgIpc) is 2.31. The van der Waals surface area contributed by atoms with Crippen LogP contribution in [0, 0.1) is 0 Å². The molecule has 0 saturated heterocycles. The Kier molecular flexibility index (Phi) is 5.69. The van der Waals surface area contributed by atoms with Crippen molar-refractivity contribution in [3.8, 4) is 0 Å². The normalized spacial score (nSPS) is 12.0. The van der Waals surface area contributed by atoms with Gasteiger partial charge >= 0.3 is 0 Å². The van der Waals surface area contributed by atoms with Crippen molar-refractivity contribution in [3.63, 3.8) is 0 Å².